The Bertz CT molecular complexity index is 1210. The molecule has 0 amide bonds. The minimum Gasteiger partial charge on any atom is -0.379 e. The second-order valence-electron chi connectivity index (χ2n) is 11.4. The Labute approximate surface area is 220 Å². The number of nitrogens with zero attached hydrogens (tertiary/aromatic N) is 3. The lowest BCUT2D eigenvalue weighted by molar-refractivity contribution is 0.0356. The van der Waals surface area contributed by atoms with Gasteiger partial charge in [-0.25, -0.2) is 4.79 Å². The molecule has 6 nitrogen and oxygen atoms in total. The molecule has 3 fully saturated rings. The van der Waals surface area contributed by atoms with E-state index in [4.69, 9.17) is 4.74 Å². The Morgan fingerprint density at radius 2 is 1.62 bits per heavy atom. The van der Waals surface area contributed by atoms with Gasteiger partial charge in [-0.05, 0) is 55.4 Å². The Morgan fingerprint density at radius 1 is 0.892 bits per heavy atom. The Kier molecular flexibility index (Phi) is 7.50. The molecule has 2 aromatic carbocycles. The van der Waals surface area contributed by atoms with E-state index in [1.165, 1.54) is 49.7 Å². The molecule has 0 spiro atoms. The van der Waals surface area contributed by atoms with Crippen LogP contribution in [0.15, 0.2) is 53.3 Å². The predicted molar refractivity (Wildman–Crippen MR) is 149 cm³/mol. The maximum Gasteiger partial charge on any atom is 0.326 e. The summed E-state index contributed by atoms with van der Waals surface area (Å²) >= 11 is 0. The van der Waals surface area contributed by atoms with Gasteiger partial charge in [-0.15, -0.1) is 0 Å². The van der Waals surface area contributed by atoms with Crippen molar-refractivity contribution in [3.63, 3.8) is 0 Å². The minimum atomic E-state index is 0.0472. The summed E-state index contributed by atoms with van der Waals surface area (Å²) < 4.78 is 7.53. The van der Waals surface area contributed by atoms with Crippen LogP contribution in [0.1, 0.15) is 68.5 Å². The predicted octanol–water partition coefficient (Wildman–Crippen LogP) is 5.09. The molecule has 198 valence electrons. The first kappa shape index (κ1) is 24.9. The van der Waals surface area contributed by atoms with Crippen LogP contribution in [0, 0.1) is 0 Å². The molecular weight excluding hydrogens is 460 g/mol. The average Bonchev–Trinajstić information content (AvgIpc) is 3.10. The fourth-order valence-electron chi connectivity index (χ4n) is 7.21. The highest BCUT2D eigenvalue weighted by Gasteiger charge is 2.40. The molecular formula is C31H42N4O2. The third-order valence-corrected chi connectivity index (χ3v) is 9.28. The Balaban J connectivity index is 1.17. The minimum absolute atomic E-state index is 0.0472. The van der Waals surface area contributed by atoms with Gasteiger partial charge in [-0.2, -0.15) is 0 Å². The van der Waals surface area contributed by atoms with Gasteiger partial charge in [0, 0.05) is 44.3 Å². The summed E-state index contributed by atoms with van der Waals surface area (Å²) in [6, 6.07) is 18.1. The molecule has 3 aliphatic rings. The van der Waals surface area contributed by atoms with Gasteiger partial charge in [0.2, 0.25) is 0 Å². The molecule has 6 heteroatoms. The molecule has 1 aromatic heterocycles. The monoisotopic (exact) mass is 502 g/mol. The van der Waals surface area contributed by atoms with Crippen LogP contribution in [0.25, 0.3) is 11.0 Å². The number of fused-ring (bicyclic) bond motifs is 1. The summed E-state index contributed by atoms with van der Waals surface area (Å²) in [5, 5.41) is 0. The number of hydrogen-bond donors (Lipinski definition) is 1. The molecule has 0 atom stereocenters. The van der Waals surface area contributed by atoms with Gasteiger partial charge in [-0.3, -0.25) is 14.4 Å². The number of ether oxygens (including phenoxy) is 1. The molecule has 2 aliphatic heterocycles. The summed E-state index contributed by atoms with van der Waals surface area (Å²) in [6.07, 6.45) is 10.9. The van der Waals surface area contributed by atoms with E-state index in [0.29, 0.717) is 0 Å². The summed E-state index contributed by atoms with van der Waals surface area (Å²) in [6.45, 7) is 6.84. The fourth-order valence-corrected chi connectivity index (χ4v) is 7.21. The van der Waals surface area contributed by atoms with Gasteiger partial charge in [-0.1, -0.05) is 62.1 Å². The van der Waals surface area contributed by atoms with Crippen LogP contribution in [-0.2, 0) is 16.7 Å². The van der Waals surface area contributed by atoms with Gasteiger partial charge in [0.05, 0.1) is 24.2 Å². The number of benzene rings is 2. The van der Waals surface area contributed by atoms with Crippen LogP contribution >= 0.6 is 0 Å². The Morgan fingerprint density at radius 3 is 2.35 bits per heavy atom. The maximum atomic E-state index is 13.1. The summed E-state index contributed by atoms with van der Waals surface area (Å²) in [5.41, 5.74) is 5.03. The SMILES string of the molecule is O=c1[nH]c2cc(CCN3CCOCC3)ccc2n1C1CCN(C2(c3ccccc3)CCCCCC2)CC1. The first-order valence-corrected chi connectivity index (χ1v) is 14.6. The van der Waals surface area contributed by atoms with Crippen LogP contribution in [-0.4, -0.2) is 65.3 Å². The summed E-state index contributed by atoms with van der Waals surface area (Å²) in [5.74, 6) is 0. The standard InChI is InChI=1S/C31H42N4O2/c36-30-32-28-24-25(12-17-33-20-22-37-23-21-33)10-11-29(28)35(30)27-13-18-34(19-14-27)31(15-6-1-2-7-16-31)26-8-4-3-5-9-26/h3-5,8-11,24,27H,1-2,6-7,12-23H2,(H,32,36). The second-order valence-corrected chi connectivity index (χ2v) is 11.4. The van der Waals surface area contributed by atoms with E-state index in [1.54, 1.807) is 0 Å². The van der Waals surface area contributed by atoms with Crippen LogP contribution < -0.4 is 5.69 Å². The molecule has 1 saturated carbocycles. The third kappa shape index (κ3) is 5.16. The van der Waals surface area contributed by atoms with Crippen molar-refractivity contribution < 1.29 is 4.74 Å². The van der Waals surface area contributed by atoms with Crippen molar-refractivity contribution in [3.05, 3.63) is 70.1 Å². The quantitative estimate of drug-likeness (QED) is 0.477. The average molecular weight is 503 g/mol. The van der Waals surface area contributed by atoms with Crippen molar-refractivity contribution in [3.8, 4) is 0 Å². The topological polar surface area (TPSA) is 53.5 Å². The summed E-state index contributed by atoms with van der Waals surface area (Å²) in [7, 11) is 0. The lowest BCUT2D eigenvalue weighted by Crippen LogP contribution is -2.50. The smallest absolute Gasteiger partial charge is 0.326 e. The van der Waals surface area contributed by atoms with Crippen molar-refractivity contribution in [2.24, 2.45) is 0 Å². The highest BCUT2D eigenvalue weighted by atomic mass is 16.5. The number of likely N-dealkylation sites (tertiary alicyclic amines) is 1. The molecule has 0 radical (unpaired) electrons. The molecule has 0 bridgehead atoms. The van der Waals surface area contributed by atoms with Crippen molar-refractivity contribution in [2.45, 2.75) is 69.4 Å². The van der Waals surface area contributed by atoms with Gasteiger partial charge in [0.25, 0.3) is 0 Å². The van der Waals surface area contributed by atoms with E-state index in [1.807, 2.05) is 0 Å². The zero-order chi connectivity index (χ0) is 25.1. The fraction of sp³-hybridized carbons (Fsp3) is 0.581. The maximum absolute atomic E-state index is 13.1. The van der Waals surface area contributed by atoms with Crippen LogP contribution in [0.5, 0.6) is 0 Å². The van der Waals surface area contributed by atoms with Crippen LogP contribution in [0.4, 0.5) is 0 Å². The van der Waals surface area contributed by atoms with E-state index in [9.17, 15) is 4.79 Å². The molecule has 1 N–H and O–H groups in total. The lowest BCUT2D eigenvalue weighted by atomic mass is 9.79. The first-order valence-electron chi connectivity index (χ1n) is 14.6. The second kappa shape index (κ2) is 11.1. The summed E-state index contributed by atoms with van der Waals surface area (Å²) in [4.78, 5) is 21.6. The molecule has 3 aromatic rings. The molecule has 3 heterocycles. The largest absolute Gasteiger partial charge is 0.379 e. The number of nitrogens with one attached hydrogen (secondary N) is 1. The van der Waals surface area contributed by atoms with Crippen molar-refractivity contribution in [1.82, 2.24) is 19.4 Å². The molecule has 0 unspecified atom stereocenters. The first-order chi connectivity index (χ1) is 18.2. The molecule has 1 aliphatic carbocycles. The number of H-pyrrole nitrogens is 1. The Hall–Kier alpha value is -2.41. The molecule has 2 saturated heterocycles. The third-order valence-electron chi connectivity index (χ3n) is 9.28. The van der Waals surface area contributed by atoms with Crippen molar-refractivity contribution >= 4 is 11.0 Å². The van der Waals surface area contributed by atoms with Crippen LogP contribution in [0.3, 0.4) is 0 Å². The number of aromatic amines is 1. The van der Waals surface area contributed by atoms with Crippen LogP contribution in [0.2, 0.25) is 0 Å². The van der Waals surface area contributed by atoms with Gasteiger partial charge in [0.1, 0.15) is 0 Å². The number of hydrogen-bond acceptors (Lipinski definition) is 4. The normalized spacial score (nSPS) is 22.3. The van der Waals surface area contributed by atoms with E-state index < -0.39 is 0 Å². The van der Waals surface area contributed by atoms with Gasteiger partial charge < -0.3 is 9.72 Å². The number of aromatic nitrogens is 2. The highest BCUT2D eigenvalue weighted by Crippen LogP contribution is 2.43. The number of rotatable bonds is 6. The van der Waals surface area contributed by atoms with E-state index in [-0.39, 0.29) is 17.3 Å². The van der Waals surface area contributed by atoms with Crippen molar-refractivity contribution in [2.75, 3.05) is 45.9 Å². The number of imidazole rings is 1. The number of piperidine rings is 1. The van der Waals surface area contributed by atoms with E-state index in [0.717, 1.165) is 76.2 Å². The van der Waals surface area contributed by atoms with Crippen molar-refractivity contribution in [1.29, 1.82) is 0 Å². The zero-order valence-corrected chi connectivity index (χ0v) is 22.2. The van der Waals surface area contributed by atoms with E-state index >= 15 is 0 Å². The zero-order valence-electron chi connectivity index (χ0n) is 22.2. The lowest BCUT2D eigenvalue weighted by Gasteiger charge is -2.47. The van der Waals surface area contributed by atoms with Gasteiger partial charge in [0.15, 0.2) is 0 Å². The number of morpholine rings is 1. The van der Waals surface area contributed by atoms with Gasteiger partial charge >= 0.3 is 5.69 Å². The van der Waals surface area contributed by atoms with E-state index in [2.05, 4.69) is 67.9 Å². The molecule has 37 heavy (non-hydrogen) atoms. The molecule has 6 rings (SSSR count). The highest BCUT2D eigenvalue weighted by molar-refractivity contribution is 5.76.